The molecule has 3 heterocycles. The number of hydrogen-bond donors (Lipinski definition) is 1. The first-order valence-corrected chi connectivity index (χ1v) is 15.8. The number of carbonyl (C=O) groups is 1. The molecule has 1 amide bonds. The Morgan fingerprint density at radius 2 is 1.49 bits per heavy atom. The highest BCUT2D eigenvalue weighted by molar-refractivity contribution is 6.13. The number of methoxy groups -OCH3 is 3. The van der Waals surface area contributed by atoms with Crippen LogP contribution in [-0.2, 0) is 13.1 Å². The van der Waals surface area contributed by atoms with Crippen molar-refractivity contribution in [3.63, 3.8) is 0 Å². The van der Waals surface area contributed by atoms with Crippen molar-refractivity contribution in [1.82, 2.24) is 24.8 Å². The standard InChI is InChI=1S/C37H38F2N6O4/c1-37(2)22-44(20-23-6-9-25(47-3)10-7-23)16-17-45(37)21-24-8-13-30(42-19-24)43-36(46)27-12-11-26(34-35(27)41-15-14-40-34)31-32(38)28(48-4)18-29(49-5)33(31)39/h6-15,18-19H,16-17,20-22H2,1-5H3,(H,42,43,46). The summed E-state index contributed by atoms with van der Waals surface area (Å²) in [5.74, 6) is -1.52. The fourth-order valence-electron chi connectivity index (χ4n) is 6.27. The van der Waals surface area contributed by atoms with Gasteiger partial charge < -0.3 is 19.5 Å². The highest BCUT2D eigenvalue weighted by Gasteiger charge is 2.33. The summed E-state index contributed by atoms with van der Waals surface area (Å²) in [6.07, 6.45) is 4.57. The number of pyridine rings is 1. The molecule has 1 aliphatic rings. The molecule has 6 rings (SSSR count). The van der Waals surface area contributed by atoms with Gasteiger partial charge in [-0.15, -0.1) is 0 Å². The number of nitrogens with zero attached hydrogens (tertiary/aromatic N) is 5. The van der Waals surface area contributed by atoms with Gasteiger partial charge in [-0.25, -0.2) is 13.8 Å². The van der Waals surface area contributed by atoms with Crippen LogP contribution in [0.2, 0.25) is 0 Å². The van der Waals surface area contributed by atoms with Crippen molar-refractivity contribution in [2.75, 3.05) is 46.3 Å². The number of rotatable bonds is 10. The Bertz CT molecular complexity index is 1940. The van der Waals surface area contributed by atoms with Gasteiger partial charge in [-0.3, -0.25) is 24.6 Å². The van der Waals surface area contributed by atoms with Gasteiger partial charge in [-0.05, 0) is 49.2 Å². The molecule has 5 aromatic rings. The van der Waals surface area contributed by atoms with Gasteiger partial charge in [0.15, 0.2) is 23.1 Å². The van der Waals surface area contributed by atoms with Crippen molar-refractivity contribution in [2.45, 2.75) is 32.5 Å². The molecule has 2 aromatic heterocycles. The van der Waals surface area contributed by atoms with Crippen LogP contribution in [-0.4, -0.2) is 77.2 Å². The third-order valence-corrected chi connectivity index (χ3v) is 8.87. The third-order valence-electron chi connectivity index (χ3n) is 8.87. The van der Waals surface area contributed by atoms with Crippen molar-refractivity contribution in [3.05, 3.63) is 102 Å². The highest BCUT2D eigenvalue weighted by Crippen LogP contribution is 2.40. The van der Waals surface area contributed by atoms with E-state index in [-0.39, 0.29) is 39.2 Å². The van der Waals surface area contributed by atoms with E-state index in [1.807, 2.05) is 18.2 Å². The zero-order valence-electron chi connectivity index (χ0n) is 28.1. The molecule has 0 bridgehead atoms. The fraction of sp³-hybridized carbons (Fsp3) is 0.297. The average molecular weight is 669 g/mol. The van der Waals surface area contributed by atoms with Crippen LogP contribution >= 0.6 is 0 Å². The van der Waals surface area contributed by atoms with Gasteiger partial charge in [0.25, 0.3) is 5.91 Å². The van der Waals surface area contributed by atoms with Crippen LogP contribution in [0.25, 0.3) is 22.2 Å². The maximum Gasteiger partial charge on any atom is 0.259 e. The zero-order valence-corrected chi connectivity index (χ0v) is 28.1. The van der Waals surface area contributed by atoms with E-state index in [0.717, 1.165) is 43.6 Å². The number of carbonyl (C=O) groups excluding carboxylic acids is 1. The Labute approximate surface area is 283 Å². The largest absolute Gasteiger partial charge is 0.497 e. The molecule has 0 saturated carbocycles. The number of halogens is 2. The number of amides is 1. The molecule has 1 aliphatic heterocycles. The summed E-state index contributed by atoms with van der Waals surface area (Å²) in [5, 5.41) is 2.82. The summed E-state index contributed by atoms with van der Waals surface area (Å²) in [4.78, 5) is 31.6. The predicted octanol–water partition coefficient (Wildman–Crippen LogP) is 6.34. The molecule has 0 atom stereocenters. The summed E-state index contributed by atoms with van der Waals surface area (Å²) >= 11 is 0. The topological polar surface area (TPSA) is 102 Å². The molecule has 1 saturated heterocycles. The third kappa shape index (κ3) is 7.01. The van der Waals surface area contributed by atoms with Gasteiger partial charge in [0.05, 0.1) is 38.0 Å². The van der Waals surface area contributed by atoms with Crippen LogP contribution in [0.1, 0.15) is 35.3 Å². The van der Waals surface area contributed by atoms with Gasteiger partial charge in [0.1, 0.15) is 17.1 Å². The molecule has 49 heavy (non-hydrogen) atoms. The van der Waals surface area contributed by atoms with Gasteiger partial charge in [0.2, 0.25) is 0 Å². The van der Waals surface area contributed by atoms with E-state index in [1.54, 1.807) is 19.4 Å². The molecular formula is C37H38F2N6O4. The van der Waals surface area contributed by atoms with Crippen molar-refractivity contribution >= 4 is 22.8 Å². The maximum atomic E-state index is 15.4. The van der Waals surface area contributed by atoms with Gasteiger partial charge in [-0.1, -0.05) is 24.3 Å². The lowest BCUT2D eigenvalue weighted by Crippen LogP contribution is -2.58. The Morgan fingerprint density at radius 1 is 0.816 bits per heavy atom. The first-order chi connectivity index (χ1) is 23.6. The van der Waals surface area contributed by atoms with E-state index in [9.17, 15) is 4.79 Å². The van der Waals surface area contributed by atoms with Crippen LogP contribution in [0.15, 0.2) is 73.2 Å². The molecule has 3 aromatic carbocycles. The molecule has 0 aliphatic carbocycles. The van der Waals surface area contributed by atoms with E-state index >= 15 is 8.78 Å². The molecule has 0 spiro atoms. The summed E-state index contributed by atoms with van der Waals surface area (Å²) < 4.78 is 46.3. The first kappa shape index (κ1) is 33.7. The van der Waals surface area contributed by atoms with E-state index in [0.29, 0.717) is 12.4 Å². The first-order valence-electron chi connectivity index (χ1n) is 15.8. The molecule has 1 fully saturated rings. The molecule has 10 nitrogen and oxygen atoms in total. The van der Waals surface area contributed by atoms with Gasteiger partial charge in [0, 0.05) is 68.5 Å². The lowest BCUT2D eigenvalue weighted by molar-refractivity contribution is 0.0102. The number of nitrogens with one attached hydrogen (secondary N) is 1. The van der Waals surface area contributed by atoms with E-state index in [1.165, 1.54) is 44.3 Å². The van der Waals surface area contributed by atoms with Crippen molar-refractivity contribution in [1.29, 1.82) is 0 Å². The summed E-state index contributed by atoms with van der Waals surface area (Å²) in [6, 6.07) is 15.9. The number of aromatic nitrogens is 3. The number of fused-ring (bicyclic) bond motifs is 1. The van der Waals surface area contributed by atoms with Crippen LogP contribution in [0.4, 0.5) is 14.6 Å². The summed E-state index contributed by atoms with van der Waals surface area (Å²) in [7, 11) is 4.23. The molecular weight excluding hydrogens is 630 g/mol. The van der Waals surface area contributed by atoms with E-state index < -0.39 is 23.1 Å². The second kappa shape index (κ2) is 14.1. The minimum Gasteiger partial charge on any atom is -0.497 e. The van der Waals surface area contributed by atoms with Crippen molar-refractivity contribution in [3.8, 4) is 28.4 Å². The zero-order chi connectivity index (χ0) is 34.7. The average Bonchev–Trinajstić information content (AvgIpc) is 3.10. The molecule has 1 N–H and O–H groups in total. The Kier molecular flexibility index (Phi) is 9.70. The monoisotopic (exact) mass is 668 g/mol. The lowest BCUT2D eigenvalue weighted by Gasteiger charge is -2.47. The number of anilines is 1. The predicted molar refractivity (Wildman–Crippen MR) is 183 cm³/mol. The normalized spacial score (nSPS) is 14.8. The number of ether oxygens (including phenoxy) is 3. The second-order valence-corrected chi connectivity index (χ2v) is 12.5. The molecule has 0 unspecified atom stereocenters. The minimum atomic E-state index is -0.923. The Balaban J connectivity index is 1.15. The van der Waals surface area contributed by atoms with Crippen LogP contribution in [0, 0.1) is 11.6 Å². The Morgan fingerprint density at radius 3 is 2.10 bits per heavy atom. The Hall–Kier alpha value is -5.20. The van der Waals surface area contributed by atoms with Gasteiger partial charge in [-0.2, -0.15) is 0 Å². The fourth-order valence-corrected chi connectivity index (χ4v) is 6.27. The van der Waals surface area contributed by atoms with Crippen molar-refractivity contribution in [2.24, 2.45) is 0 Å². The van der Waals surface area contributed by atoms with E-state index in [4.69, 9.17) is 14.2 Å². The SMILES string of the molecule is COc1ccc(CN2CCN(Cc3ccc(NC(=O)c4ccc(-c5c(F)c(OC)cc(OC)c5F)c5nccnc45)nc3)C(C)(C)C2)cc1. The smallest absolute Gasteiger partial charge is 0.259 e. The lowest BCUT2D eigenvalue weighted by atomic mass is 9.97. The minimum absolute atomic E-state index is 0.0618. The van der Waals surface area contributed by atoms with Crippen LogP contribution in [0.5, 0.6) is 17.2 Å². The molecule has 254 valence electrons. The summed E-state index contributed by atoms with van der Waals surface area (Å²) in [6.45, 7) is 8.86. The summed E-state index contributed by atoms with van der Waals surface area (Å²) in [5.41, 5.74) is 2.39. The van der Waals surface area contributed by atoms with Crippen LogP contribution < -0.4 is 19.5 Å². The molecule has 0 radical (unpaired) electrons. The number of hydrogen-bond acceptors (Lipinski definition) is 9. The number of piperazine rings is 1. The molecule has 12 heteroatoms. The van der Waals surface area contributed by atoms with Gasteiger partial charge >= 0.3 is 0 Å². The van der Waals surface area contributed by atoms with Crippen LogP contribution in [0.3, 0.4) is 0 Å². The number of benzene rings is 3. The quantitative estimate of drug-likeness (QED) is 0.183. The second-order valence-electron chi connectivity index (χ2n) is 12.5. The maximum absolute atomic E-state index is 15.4. The highest BCUT2D eigenvalue weighted by atomic mass is 19.1. The van der Waals surface area contributed by atoms with E-state index in [2.05, 4.69) is 56.0 Å². The van der Waals surface area contributed by atoms with Crippen molar-refractivity contribution < 1.29 is 27.8 Å².